The number of rotatable bonds is 3. The number of ketones is 1. The summed E-state index contributed by atoms with van der Waals surface area (Å²) in [5, 5.41) is 0.491. The van der Waals surface area contributed by atoms with Gasteiger partial charge in [0.15, 0.2) is 5.78 Å². The van der Waals surface area contributed by atoms with Crippen molar-refractivity contribution >= 4 is 29.0 Å². The molecule has 0 fully saturated rings. The van der Waals surface area contributed by atoms with E-state index in [0.717, 1.165) is 5.56 Å². The average Bonchev–Trinajstić information content (AvgIpc) is 2.16. The van der Waals surface area contributed by atoms with E-state index in [9.17, 15) is 4.79 Å². The molecule has 1 rings (SSSR count). The van der Waals surface area contributed by atoms with Crippen LogP contribution in [-0.2, 0) is 5.88 Å². The molecule has 0 saturated carbocycles. The summed E-state index contributed by atoms with van der Waals surface area (Å²) >= 11 is 11.5. The first-order valence-electron chi connectivity index (χ1n) is 4.06. The molecule has 0 spiro atoms. The first-order chi connectivity index (χ1) is 6.19. The Balaban J connectivity index is 3.05. The molecule has 1 nitrogen and oxygen atoms in total. The minimum absolute atomic E-state index is 0.0612. The highest BCUT2D eigenvalue weighted by molar-refractivity contribution is 6.34. The largest absolute Gasteiger partial charge is 0.294 e. The van der Waals surface area contributed by atoms with Crippen LogP contribution in [0.5, 0.6) is 0 Å². The molecule has 0 aliphatic rings. The third-order valence-electron chi connectivity index (χ3n) is 1.81. The van der Waals surface area contributed by atoms with E-state index in [4.69, 9.17) is 23.2 Å². The summed E-state index contributed by atoms with van der Waals surface area (Å²) in [5.74, 6) is 0.478. The molecule has 0 aromatic heterocycles. The van der Waals surface area contributed by atoms with Gasteiger partial charge in [-0.3, -0.25) is 4.79 Å². The van der Waals surface area contributed by atoms with Crippen LogP contribution in [0.3, 0.4) is 0 Å². The summed E-state index contributed by atoms with van der Waals surface area (Å²) in [6, 6.07) is 5.28. The fourth-order valence-corrected chi connectivity index (χ4v) is 1.53. The summed E-state index contributed by atoms with van der Waals surface area (Å²) in [7, 11) is 0. The van der Waals surface area contributed by atoms with Crippen molar-refractivity contribution in [3.8, 4) is 0 Å². The highest BCUT2D eigenvalue weighted by Crippen LogP contribution is 2.20. The van der Waals surface area contributed by atoms with Gasteiger partial charge in [0.2, 0.25) is 0 Å². The first-order valence-corrected chi connectivity index (χ1v) is 4.98. The first kappa shape index (κ1) is 10.6. The SMILES string of the molecule is CCC(=O)c1ccc(CCl)cc1Cl. The van der Waals surface area contributed by atoms with Gasteiger partial charge in [-0.1, -0.05) is 24.6 Å². The van der Waals surface area contributed by atoms with E-state index >= 15 is 0 Å². The summed E-state index contributed by atoms with van der Waals surface area (Å²) in [4.78, 5) is 11.3. The van der Waals surface area contributed by atoms with Crippen LogP contribution in [0.2, 0.25) is 5.02 Å². The Morgan fingerprint density at radius 3 is 2.62 bits per heavy atom. The van der Waals surface area contributed by atoms with Crippen molar-refractivity contribution in [2.75, 3.05) is 0 Å². The number of halogens is 2. The second kappa shape index (κ2) is 4.64. The highest BCUT2D eigenvalue weighted by atomic mass is 35.5. The van der Waals surface area contributed by atoms with E-state index in [1.807, 2.05) is 13.0 Å². The number of alkyl halides is 1. The molecule has 0 bridgehead atoms. The molecule has 13 heavy (non-hydrogen) atoms. The van der Waals surface area contributed by atoms with Gasteiger partial charge in [0.25, 0.3) is 0 Å². The third-order valence-corrected chi connectivity index (χ3v) is 2.43. The van der Waals surface area contributed by atoms with Crippen molar-refractivity contribution in [1.82, 2.24) is 0 Å². The Kier molecular flexibility index (Phi) is 3.76. The predicted octanol–water partition coefficient (Wildman–Crippen LogP) is 3.67. The fourth-order valence-electron chi connectivity index (χ4n) is 1.06. The van der Waals surface area contributed by atoms with E-state index in [1.165, 1.54) is 0 Å². The van der Waals surface area contributed by atoms with Crippen molar-refractivity contribution in [2.45, 2.75) is 19.2 Å². The predicted molar refractivity (Wildman–Crippen MR) is 55.6 cm³/mol. The molecular formula is C10H10Cl2O. The minimum atomic E-state index is 0.0612. The molecule has 1 aromatic rings. The van der Waals surface area contributed by atoms with E-state index < -0.39 is 0 Å². The van der Waals surface area contributed by atoms with E-state index in [1.54, 1.807) is 12.1 Å². The normalized spacial score (nSPS) is 10.1. The molecule has 0 N–H and O–H groups in total. The van der Waals surface area contributed by atoms with E-state index in [-0.39, 0.29) is 5.78 Å². The van der Waals surface area contributed by atoms with Gasteiger partial charge in [0.05, 0.1) is 5.02 Å². The van der Waals surface area contributed by atoms with Crippen LogP contribution >= 0.6 is 23.2 Å². The molecule has 0 radical (unpaired) electrons. The molecule has 0 heterocycles. The van der Waals surface area contributed by atoms with Gasteiger partial charge in [0.1, 0.15) is 0 Å². The van der Waals surface area contributed by atoms with E-state index in [2.05, 4.69) is 0 Å². The zero-order valence-electron chi connectivity index (χ0n) is 7.31. The van der Waals surface area contributed by atoms with Crippen LogP contribution in [-0.4, -0.2) is 5.78 Å². The van der Waals surface area contributed by atoms with Gasteiger partial charge in [-0.25, -0.2) is 0 Å². The van der Waals surface area contributed by atoms with Crippen molar-refractivity contribution in [1.29, 1.82) is 0 Å². The van der Waals surface area contributed by atoms with Crippen LogP contribution < -0.4 is 0 Å². The maximum Gasteiger partial charge on any atom is 0.164 e. The number of Topliss-reactive ketones (excluding diaryl/α,β-unsaturated/α-hetero) is 1. The quantitative estimate of drug-likeness (QED) is 0.557. The second-order valence-electron chi connectivity index (χ2n) is 2.72. The molecule has 0 aliphatic heterocycles. The minimum Gasteiger partial charge on any atom is -0.294 e. The summed E-state index contributed by atoms with van der Waals surface area (Å²) in [5.41, 5.74) is 1.51. The molecule has 0 aliphatic carbocycles. The Hall–Kier alpha value is -0.530. The monoisotopic (exact) mass is 216 g/mol. The Bertz CT molecular complexity index is 321. The number of hydrogen-bond acceptors (Lipinski definition) is 1. The Morgan fingerprint density at radius 1 is 1.46 bits per heavy atom. The maximum atomic E-state index is 11.3. The lowest BCUT2D eigenvalue weighted by Crippen LogP contribution is -1.97. The number of carbonyl (C=O) groups excluding carboxylic acids is 1. The van der Waals surface area contributed by atoms with Crippen molar-refractivity contribution in [3.05, 3.63) is 34.3 Å². The average molecular weight is 217 g/mol. The molecule has 1 aromatic carbocycles. The van der Waals surface area contributed by atoms with Gasteiger partial charge >= 0.3 is 0 Å². The summed E-state index contributed by atoms with van der Waals surface area (Å²) in [6.07, 6.45) is 0.472. The number of hydrogen-bond donors (Lipinski definition) is 0. The standard InChI is InChI=1S/C10H10Cl2O/c1-2-10(13)8-4-3-7(6-11)5-9(8)12/h3-5H,2,6H2,1H3. The van der Waals surface area contributed by atoms with Crippen molar-refractivity contribution in [3.63, 3.8) is 0 Å². The van der Waals surface area contributed by atoms with Crippen LogP contribution in [0, 0.1) is 0 Å². The van der Waals surface area contributed by atoms with Gasteiger partial charge in [-0.15, -0.1) is 11.6 Å². The molecule has 3 heteroatoms. The molecular weight excluding hydrogens is 207 g/mol. The van der Waals surface area contributed by atoms with Crippen LogP contribution in [0.15, 0.2) is 18.2 Å². The Morgan fingerprint density at radius 2 is 2.15 bits per heavy atom. The van der Waals surface area contributed by atoms with Gasteiger partial charge in [-0.2, -0.15) is 0 Å². The van der Waals surface area contributed by atoms with E-state index in [0.29, 0.717) is 22.9 Å². The van der Waals surface area contributed by atoms with Crippen molar-refractivity contribution in [2.24, 2.45) is 0 Å². The zero-order chi connectivity index (χ0) is 9.84. The fraction of sp³-hybridized carbons (Fsp3) is 0.300. The number of carbonyl (C=O) groups is 1. The smallest absolute Gasteiger partial charge is 0.164 e. The third kappa shape index (κ3) is 2.45. The molecule has 0 unspecified atom stereocenters. The van der Waals surface area contributed by atoms with Crippen LogP contribution in [0.25, 0.3) is 0 Å². The van der Waals surface area contributed by atoms with Crippen LogP contribution in [0.1, 0.15) is 29.3 Å². The lowest BCUT2D eigenvalue weighted by molar-refractivity contribution is 0.0988. The molecule has 0 atom stereocenters. The highest BCUT2D eigenvalue weighted by Gasteiger charge is 2.07. The second-order valence-corrected chi connectivity index (χ2v) is 3.40. The van der Waals surface area contributed by atoms with Gasteiger partial charge in [-0.05, 0) is 17.7 Å². The topological polar surface area (TPSA) is 17.1 Å². The van der Waals surface area contributed by atoms with Crippen molar-refractivity contribution < 1.29 is 4.79 Å². The zero-order valence-corrected chi connectivity index (χ0v) is 8.82. The van der Waals surface area contributed by atoms with Crippen LogP contribution in [0.4, 0.5) is 0 Å². The summed E-state index contributed by atoms with van der Waals surface area (Å²) in [6.45, 7) is 1.81. The molecule has 0 amide bonds. The number of benzene rings is 1. The maximum absolute atomic E-state index is 11.3. The molecule has 70 valence electrons. The van der Waals surface area contributed by atoms with Gasteiger partial charge in [0, 0.05) is 17.9 Å². The molecule has 0 saturated heterocycles. The lowest BCUT2D eigenvalue weighted by Gasteiger charge is -2.02. The Labute approximate surface area is 87.7 Å². The summed E-state index contributed by atoms with van der Waals surface area (Å²) < 4.78 is 0. The van der Waals surface area contributed by atoms with Gasteiger partial charge < -0.3 is 0 Å². The lowest BCUT2D eigenvalue weighted by atomic mass is 10.1.